The van der Waals surface area contributed by atoms with E-state index in [1.54, 1.807) is 0 Å². The van der Waals surface area contributed by atoms with Crippen molar-refractivity contribution in [2.75, 3.05) is 10.6 Å². The highest BCUT2D eigenvalue weighted by atomic mass is 15.2. The molecule has 118 valence electrons. The van der Waals surface area contributed by atoms with Gasteiger partial charge in [-0.05, 0) is 41.7 Å². The zero-order valence-electron chi connectivity index (χ0n) is 13.5. The lowest BCUT2D eigenvalue weighted by Gasteiger charge is -2.13. The van der Waals surface area contributed by atoms with Crippen molar-refractivity contribution < 1.29 is 0 Å². The minimum absolute atomic E-state index is 0.930. The summed E-state index contributed by atoms with van der Waals surface area (Å²) in [6.45, 7) is 0. The molecule has 0 saturated heterocycles. The first-order chi connectivity index (χ1) is 11.9. The van der Waals surface area contributed by atoms with Crippen LogP contribution in [0.15, 0.2) is 96.3 Å². The summed E-state index contributed by atoms with van der Waals surface area (Å²) in [6, 6.07) is 29.6. The molecule has 0 unspecified atom stereocenters. The molecular weight excluding hydrogens is 292 g/mol. The molecule has 0 saturated carbocycles. The summed E-state index contributed by atoms with van der Waals surface area (Å²) in [5.41, 5.74) is 6.31. The number of allylic oxidation sites excluding steroid dienone is 1. The number of nitrogens with one attached hydrogen (secondary N) is 2. The average Bonchev–Trinajstić information content (AvgIpc) is 3.07. The van der Waals surface area contributed by atoms with Crippen molar-refractivity contribution >= 4 is 11.4 Å². The highest BCUT2D eigenvalue weighted by molar-refractivity contribution is 5.79. The maximum atomic E-state index is 3.54. The second-order valence-electron chi connectivity index (χ2n) is 6.10. The molecule has 0 amide bonds. The van der Waals surface area contributed by atoms with Crippen LogP contribution in [0.4, 0.5) is 11.4 Å². The normalized spacial score (nSPS) is 12.2. The van der Waals surface area contributed by atoms with Crippen molar-refractivity contribution in [3.63, 3.8) is 0 Å². The van der Waals surface area contributed by atoms with Gasteiger partial charge < -0.3 is 10.6 Å². The average molecular weight is 312 g/mol. The first-order valence-corrected chi connectivity index (χ1v) is 8.31. The molecule has 2 N–H and O–H groups in total. The third-order valence-electron chi connectivity index (χ3n) is 4.32. The van der Waals surface area contributed by atoms with Gasteiger partial charge in [0.1, 0.15) is 5.82 Å². The summed E-state index contributed by atoms with van der Waals surface area (Å²) in [4.78, 5) is 0. The van der Waals surface area contributed by atoms with Gasteiger partial charge in [0.25, 0.3) is 0 Å². The van der Waals surface area contributed by atoms with Crippen LogP contribution in [-0.2, 0) is 12.8 Å². The summed E-state index contributed by atoms with van der Waals surface area (Å²) in [5.74, 6) is 1.11. The Labute approximate surface area is 142 Å². The molecule has 1 aliphatic heterocycles. The van der Waals surface area contributed by atoms with Gasteiger partial charge in [0, 0.05) is 0 Å². The van der Waals surface area contributed by atoms with Crippen molar-refractivity contribution in [3.05, 3.63) is 107 Å². The van der Waals surface area contributed by atoms with E-state index >= 15 is 0 Å². The molecule has 0 bridgehead atoms. The Morgan fingerprint density at radius 2 is 0.958 bits per heavy atom. The van der Waals surface area contributed by atoms with Crippen LogP contribution in [0.25, 0.3) is 0 Å². The molecule has 0 radical (unpaired) electrons. The lowest BCUT2D eigenvalue weighted by atomic mass is 9.98. The van der Waals surface area contributed by atoms with Crippen LogP contribution in [-0.4, -0.2) is 0 Å². The fourth-order valence-electron chi connectivity index (χ4n) is 3.10. The van der Waals surface area contributed by atoms with E-state index < -0.39 is 0 Å². The predicted molar refractivity (Wildman–Crippen MR) is 101 cm³/mol. The quantitative estimate of drug-likeness (QED) is 0.690. The Morgan fingerprint density at radius 1 is 0.542 bits per heavy atom. The second-order valence-corrected chi connectivity index (χ2v) is 6.10. The van der Waals surface area contributed by atoms with E-state index in [-0.39, 0.29) is 0 Å². The van der Waals surface area contributed by atoms with Gasteiger partial charge in [0.05, 0.1) is 11.4 Å². The lowest BCUT2D eigenvalue weighted by Crippen LogP contribution is -2.09. The zero-order chi connectivity index (χ0) is 16.2. The molecule has 24 heavy (non-hydrogen) atoms. The summed E-state index contributed by atoms with van der Waals surface area (Å²) >= 11 is 0. The minimum atomic E-state index is 0.930. The molecule has 2 nitrogen and oxygen atoms in total. The van der Waals surface area contributed by atoms with Crippen LogP contribution >= 0.6 is 0 Å². The highest BCUT2D eigenvalue weighted by Gasteiger charge is 2.17. The maximum absolute atomic E-state index is 3.54. The molecule has 4 rings (SSSR count). The van der Waals surface area contributed by atoms with Gasteiger partial charge in [-0.3, -0.25) is 0 Å². The van der Waals surface area contributed by atoms with Crippen molar-refractivity contribution in [1.29, 1.82) is 0 Å². The van der Waals surface area contributed by atoms with Gasteiger partial charge in [0.15, 0.2) is 0 Å². The molecule has 0 aromatic heterocycles. The number of rotatable bonds is 4. The smallest absolute Gasteiger partial charge is 0.108 e. The van der Waals surface area contributed by atoms with Crippen molar-refractivity contribution in [1.82, 2.24) is 0 Å². The zero-order valence-corrected chi connectivity index (χ0v) is 13.5. The number of hydrogen-bond acceptors (Lipinski definition) is 2. The van der Waals surface area contributed by atoms with Gasteiger partial charge in [-0.15, -0.1) is 0 Å². The SMILES string of the molecule is c1ccc(CC(Cc2ccccc2)=C2Nc3ccccc3N2)cc1. The van der Waals surface area contributed by atoms with Crippen LogP contribution in [0.2, 0.25) is 0 Å². The van der Waals surface area contributed by atoms with E-state index in [4.69, 9.17) is 0 Å². The maximum Gasteiger partial charge on any atom is 0.108 e. The van der Waals surface area contributed by atoms with Gasteiger partial charge in [-0.1, -0.05) is 72.8 Å². The monoisotopic (exact) mass is 312 g/mol. The van der Waals surface area contributed by atoms with Crippen LogP contribution in [0.1, 0.15) is 11.1 Å². The van der Waals surface area contributed by atoms with Crippen molar-refractivity contribution in [2.45, 2.75) is 12.8 Å². The predicted octanol–water partition coefficient (Wildman–Crippen LogP) is 5.22. The summed E-state index contributed by atoms with van der Waals surface area (Å²) < 4.78 is 0. The molecule has 0 fully saturated rings. The minimum Gasteiger partial charge on any atom is -0.340 e. The molecule has 0 aliphatic carbocycles. The highest BCUT2D eigenvalue weighted by Crippen LogP contribution is 2.32. The van der Waals surface area contributed by atoms with Crippen LogP contribution in [0.3, 0.4) is 0 Å². The van der Waals surface area contributed by atoms with Crippen LogP contribution in [0, 0.1) is 0 Å². The van der Waals surface area contributed by atoms with Crippen molar-refractivity contribution in [2.24, 2.45) is 0 Å². The molecule has 0 atom stereocenters. The van der Waals surface area contributed by atoms with E-state index in [0.29, 0.717) is 0 Å². The summed E-state index contributed by atoms with van der Waals surface area (Å²) in [5, 5.41) is 7.09. The number of hydrogen-bond donors (Lipinski definition) is 2. The van der Waals surface area contributed by atoms with E-state index in [1.807, 2.05) is 0 Å². The summed E-state index contributed by atoms with van der Waals surface area (Å²) in [6.07, 6.45) is 1.86. The number of fused-ring (bicyclic) bond motifs is 1. The van der Waals surface area contributed by atoms with E-state index in [9.17, 15) is 0 Å². The third-order valence-corrected chi connectivity index (χ3v) is 4.32. The molecule has 1 heterocycles. The standard InChI is InChI=1S/C22H20N2/c1-3-9-17(10-4-1)15-19(16-18-11-5-2-6-12-18)22-23-20-13-7-8-14-21(20)24-22/h1-14,23-24H,15-16H2. The Kier molecular flexibility index (Phi) is 4.03. The lowest BCUT2D eigenvalue weighted by molar-refractivity contribution is 1.01. The summed E-state index contributed by atoms with van der Waals surface area (Å²) in [7, 11) is 0. The van der Waals surface area contributed by atoms with Crippen LogP contribution < -0.4 is 10.6 Å². The van der Waals surface area contributed by atoms with Gasteiger partial charge in [0.2, 0.25) is 0 Å². The Bertz CT molecular complexity index is 781. The number of anilines is 2. The van der Waals surface area contributed by atoms with Crippen LogP contribution in [0.5, 0.6) is 0 Å². The first-order valence-electron chi connectivity index (χ1n) is 8.31. The molecule has 0 spiro atoms. The fraction of sp³-hybridized carbons (Fsp3) is 0.0909. The Morgan fingerprint density at radius 3 is 1.42 bits per heavy atom. The Hall–Kier alpha value is -3.00. The van der Waals surface area contributed by atoms with E-state index in [2.05, 4.69) is 95.6 Å². The molecule has 2 heteroatoms. The number of para-hydroxylation sites is 2. The van der Waals surface area contributed by atoms with Crippen molar-refractivity contribution in [3.8, 4) is 0 Å². The first kappa shape index (κ1) is 14.6. The Balaban J connectivity index is 1.67. The van der Waals surface area contributed by atoms with Gasteiger partial charge in [-0.2, -0.15) is 0 Å². The van der Waals surface area contributed by atoms with Gasteiger partial charge in [-0.25, -0.2) is 0 Å². The molecular formula is C22H20N2. The topological polar surface area (TPSA) is 24.1 Å². The fourth-order valence-corrected chi connectivity index (χ4v) is 3.10. The largest absolute Gasteiger partial charge is 0.340 e. The van der Waals surface area contributed by atoms with E-state index in [1.165, 1.54) is 16.7 Å². The second kappa shape index (κ2) is 6.63. The molecule has 3 aromatic rings. The van der Waals surface area contributed by atoms with Gasteiger partial charge >= 0.3 is 0 Å². The molecule has 3 aromatic carbocycles. The van der Waals surface area contributed by atoms with E-state index in [0.717, 1.165) is 30.0 Å². The number of benzene rings is 3. The molecule has 1 aliphatic rings. The third kappa shape index (κ3) is 3.18.